The minimum Gasteiger partial charge on any atom is -0.335 e. The van der Waals surface area contributed by atoms with E-state index in [2.05, 4.69) is 116 Å². The Balaban J connectivity index is 1.54. The molecular weight excluding hydrogens is 447 g/mol. The van der Waals surface area contributed by atoms with Crippen molar-refractivity contribution in [3.8, 4) is 0 Å². The maximum absolute atomic E-state index is 2.82. The molecule has 4 aromatic carbocycles. The molecule has 0 bridgehead atoms. The molecule has 0 amide bonds. The van der Waals surface area contributed by atoms with E-state index in [0.717, 1.165) is 0 Å². The molecule has 1 aliphatic carbocycles. The number of hydrogen-bond acceptors (Lipinski definition) is 2. The second-order valence-corrected chi connectivity index (χ2v) is 12.1. The molecular formula is C34H33BN2. The van der Waals surface area contributed by atoms with Crippen LogP contribution in [0.4, 0.5) is 28.4 Å². The number of anilines is 5. The third kappa shape index (κ3) is 2.53. The summed E-state index contributed by atoms with van der Waals surface area (Å²) in [5.41, 5.74) is 14.5. The van der Waals surface area contributed by atoms with Gasteiger partial charge in [0.2, 0.25) is 0 Å². The molecule has 3 aliphatic heterocycles. The van der Waals surface area contributed by atoms with Crippen LogP contribution in [0, 0.1) is 6.92 Å². The molecule has 1 fully saturated rings. The molecule has 0 spiro atoms. The highest BCUT2D eigenvalue weighted by Crippen LogP contribution is 2.62. The van der Waals surface area contributed by atoms with Crippen LogP contribution < -0.4 is 26.2 Å². The molecule has 0 radical (unpaired) electrons. The van der Waals surface area contributed by atoms with Crippen molar-refractivity contribution in [3.05, 3.63) is 96.1 Å². The lowest BCUT2D eigenvalue weighted by atomic mass is 9.33. The maximum Gasteiger partial charge on any atom is 0.252 e. The van der Waals surface area contributed by atoms with Crippen LogP contribution in [0.2, 0.25) is 0 Å². The van der Waals surface area contributed by atoms with E-state index in [1.807, 2.05) is 0 Å². The Kier molecular flexibility index (Phi) is 4.27. The monoisotopic (exact) mass is 480 g/mol. The fraction of sp³-hybridized carbons (Fsp3) is 0.294. The van der Waals surface area contributed by atoms with E-state index in [9.17, 15) is 0 Å². The lowest BCUT2D eigenvalue weighted by Crippen LogP contribution is -2.64. The average molecular weight is 480 g/mol. The Morgan fingerprint density at radius 2 is 1.35 bits per heavy atom. The summed E-state index contributed by atoms with van der Waals surface area (Å²) in [4.78, 5) is 5.35. The second kappa shape index (κ2) is 7.31. The van der Waals surface area contributed by atoms with Crippen molar-refractivity contribution in [3.63, 3.8) is 0 Å². The topological polar surface area (TPSA) is 6.48 Å². The van der Waals surface area contributed by atoms with Gasteiger partial charge in [-0.3, -0.25) is 0 Å². The zero-order valence-corrected chi connectivity index (χ0v) is 22.1. The summed E-state index contributed by atoms with van der Waals surface area (Å²) in [6.45, 7) is 7.80. The highest BCUT2D eigenvalue weighted by molar-refractivity contribution is 7.00. The van der Waals surface area contributed by atoms with Crippen LogP contribution in [0.3, 0.4) is 0 Å². The summed E-state index contributed by atoms with van der Waals surface area (Å²) in [6, 6.07) is 31.9. The van der Waals surface area contributed by atoms with Gasteiger partial charge in [-0.1, -0.05) is 80.8 Å². The van der Waals surface area contributed by atoms with Crippen LogP contribution >= 0.6 is 0 Å². The summed E-state index contributed by atoms with van der Waals surface area (Å²) >= 11 is 0. The van der Waals surface area contributed by atoms with Crippen molar-refractivity contribution in [1.29, 1.82) is 0 Å². The van der Waals surface area contributed by atoms with Crippen LogP contribution in [0.15, 0.2) is 84.9 Å². The molecule has 0 aromatic heterocycles. The van der Waals surface area contributed by atoms with Gasteiger partial charge < -0.3 is 9.80 Å². The molecule has 2 nitrogen and oxygen atoms in total. The first-order valence-electron chi connectivity index (χ1n) is 14.1. The summed E-state index contributed by atoms with van der Waals surface area (Å²) < 4.78 is 0. The van der Waals surface area contributed by atoms with Crippen molar-refractivity contribution >= 4 is 51.5 Å². The van der Waals surface area contributed by atoms with Crippen molar-refractivity contribution in [2.45, 2.75) is 63.8 Å². The number of hydrogen-bond donors (Lipinski definition) is 0. The lowest BCUT2D eigenvalue weighted by Gasteiger charge is -2.49. The smallest absolute Gasteiger partial charge is 0.252 e. The molecule has 37 heavy (non-hydrogen) atoms. The Morgan fingerprint density at radius 1 is 0.703 bits per heavy atom. The van der Waals surface area contributed by atoms with Crippen LogP contribution in [-0.4, -0.2) is 12.3 Å². The Labute approximate surface area is 221 Å². The third-order valence-corrected chi connectivity index (χ3v) is 10.3. The normalized spacial score (nSPS) is 24.7. The molecule has 0 saturated heterocycles. The molecule has 8 rings (SSSR count). The predicted octanol–water partition coefficient (Wildman–Crippen LogP) is 6.74. The summed E-state index contributed by atoms with van der Waals surface area (Å²) in [6.07, 6.45) is 6.48. The standard InChI is InChI=1S/C34H33BN2/c1-23-22-29-31-32-30(23)33(2)20-12-5-13-21-34(33,3)37(32)28-19-11-9-17-26(28)35(31)25-16-8-10-18-27(25)36(29)24-14-6-4-7-15-24/h4,6-11,14-19,22H,5,12-13,20-21H2,1-3H3. The predicted molar refractivity (Wildman–Crippen MR) is 158 cm³/mol. The minimum atomic E-state index is 0.0708. The van der Waals surface area contributed by atoms with Gasteiger partial charge in [0.25, 0.3) is 6.71 Å². The van der Waals surface area contributed by atoms with E-state index in [4.69, 9.17) is 0 Å². The first-order chi connectivity index (χ1) is 18.0. The van der Waals surface area contributed by atoms with Crippen molar-refractivity contribution < 1.29 is 0 Å². The largest absolute Gasteiger partial charge is 0.335 e. The van der Waals surface area contributed by atoms with Crippen molar-refractivity contribution in [2.75, 3.05) is 9.80 Å². The Hall–Kier alpha value is -3.46. The van der Waals surface area contributed by atoms with E-state index >= 15 is 0 Å². The molecule has 3 heteroatoms. The fourth-order valence-electron chi connectivity index (χ4n) is 8.59. The zero-order valence-electron chi connectivity index (χ0n) is 22.1. The molecule has 1 saturated carbocycles. The van der Waals surface area contributed by atoms with Gasteiger partial charge in [-0.2, -0.15) is 0 Å². The van der Waals surface area contributed by atoms with Gasteiger partial charge in [-0.25, -0.2) is 0 Å². The van der Waals surface area contributed by atoms with Gasteiger partial charge in [0.05, 0.1) is 5.54 Å². The van der Waals surface area contributed by atoms with Crippen molar-refractivity contribution in [2.24, 2.45) is 0 Å². The SMILES string of the molecule is Cc1cc2c3c4c1C1(C)CCCCCC1(C)N4c1ccccc1B3c1ccccc1N2c1ccccc1. The van der Waals surface area contributed by atoms with E-state index in [0.29, 0.717) is 0 Å². The number of benzene rings is 4. The van der Waals surface area contributed by atoms with Gasteiger partial charge in [-0.05, 0) is 84.5 Å². The highest BCUT2D eigenvalue weighted by atomic mass is 15.3. The number of nitrogens with zero attached hydrogens (tertiary/aromatic N) is 2. The first-order valence-corrected chi connectivity index (χ1v) is 14.1. The van der Waals surface area contributed by atoms with Gasteiger partial charge in [0, 0.05) is 33.9 Å². The second-order valence-electron chi connectivity index (χ2n) is 12.1. The zero-order chi connectivity index (χ0) is 24.9. The van der Waals surface area contributed by atoms with E-state index in [1.165, 1.54) is 82.5 Å². The number of fused-ring (bicyclic) bond motifs is 8. The summed E-state index contributed by atoms with van der Waals surface area (Å²) in [7, 11) is 0. The van der Waals surface area contributed by atoms with Crippen LogP contribution in [0.1, 0.15) is 57.1 Å². The van der Waals surface area contributed by atoms with Crippen molar-refractivity contribution in [1.82, 2.24) is 0 Å². The van der Waals surface area contributed by atoms with Crippen LogP contribution in [0.25, 0.3) is 0 Å². The highest BCUT2D eigenvalue weighted by Gasteiger charge is 2.61. The fourth-order valence-corrected chi connectivity index (χ4v) is 8.59. The number of aryl methyl sites for hydroxylation is 1. The van der Waals surface area contributed by atoms with Gasteiger partial charge in [0.1, 0.15) is 0 Å². The quantitative estimate of drug-likeness (QED) is 0.245. The molecule has 4 aromatic rings. The third-order valence-electron chi connectivity index (χ3n) is 10.3. The molecule has 2 atom stereocenters. The molecule has 3 heterocycles. The van der Waals surface area contributed by atoms with E-state index in [-0.39, 0.29) is 17.7 Å². The lowest BCUT2D eigenvalue weighted by molar-refractivity contribution is 0.260. The van der Waals surface area contributed by atoms with Gasteiger partial charge in [-0.15, -0.1) is 0 Å². The van der Waals surface area contributed by atoms with E-state index in [1.54, 1.807) is 5.56 Å². The Bertz CT molecular complexity index is 1580. The van der Waals surface area contributed by atoms with Gasteiger partial charge >= 0.3 is 0 Å². The molecule has 182 valence electrons. The summed E-state index contributed by atoms with van der Waals surface area (Å²) in [5, 5.41) is 0. The maximum atomic E-state index is 2.82. The molecule has 4 aliphatic rings. The molecule has 2 unspecified atom stereocenters. The van der Waals surface area contributed by atoms with Gasteiger partial charge in [0.15, 0.2) is 0 Å². The first kappa shape index (κ1) is 21.6. The number of rotatable bonds is 1. The van der Waals surface area contributed by atoms with Crippen LogP contribution in [-0.2, 0) is 5.41 Å². The summed E-state index contributed by atoms with van der Waals surface area (Å²) in [5.74, 6) is 0. The Morgan fingerprint density at radius 3 is 2.14 bits per heavy atom. The van der Waals surface area contributed by atoms with E-state index < -0.39 is 0 Å². The number of para-hydroxylation sites is 3. The average Bonchev–Trinajstić information content (AvgIpc) is 3.00. The minimum absolute atomic E-state index is 0.0708. The molecule has 0 N–H and O–H groups in total. The van der Waals surface area contributed by atoms with Crippen LogP contribution in [0.5, 0.6) is 0 Å².